The molecule has 0 atom stereocenters. The molecule has 22 heteroatoms. The smallest absolute Gasteiger partial charge is 0.157 e. The van der Waals surface area contributed by atoms with Crippen molar-refractivity contribution in [1.29, 1.82) is 0 Å². The Bertz CT molecular complexity index is 2430. The molecule has 0 bridgehead atoms. The van der Waals surface area contributed by atoms with Gasteiger partial charge in [0.25, 0.3) is 0 Å². The van der Waals surface area contributed by atoms with Crippen LogP contribution < -0.4 is 0 Å². The quantitative estimate of drug-likeness (QED) is 0.106. The molecule has 0 heterocycles. The number of aromatic hydroxyl groups is 3. The maximum atomic E-state index is 10.8. The van der Waals surface area contributed by atoms with Crippen molar-refractivity contribution in [2.45, 2.75) is 14.7 Å². The number of benzene rings is 6. The van der Waals surface area contributed by atoms with Crippen LogP contribution in [0.25, 0.3) is 32.3 Å². The summed E-state index contributed by atoms with van der Waals surface area (Å²) in [6, 6.07) is 18.2. The average Bonchev–Trinajstić information content (AvgIpc) is 3.07. The van der Waals surface area contributed by atoms with Crippen molar-refractivity contribution < 1.29 is 71.3 Å². The molecule has 0 amide bonds. The van der Waals surface area contributed by atoms with Crippen LogP contribution in [0.4, 0.5) is 17.1 Å². The third-order valence-corrected chi connectivity index (χ3v) is 9.46. The number of phenols is 3. The predicted molar refractivity (Wildman–Crippen MR) is 177 cm³/mol. The summed E-state index contributed by atoms with van der Waals surface area (Å²) in [5.41, 5.74) is -0.549. The normalized spacial score (nSPS) is 11.4. The molecule has 0 saturated carbocycles. The molecule has 0 aliphatic rings. The molecule has 0 radical (unpaired) electrons. The van der Waals surface area contributed by atoms with E-state index in [1.165, 1.54) is 54.6 Å². The van der Waals surface area contributed by atoms with Crippen molar-refractivity contribution in [2.75, 3.05) is 0 Å². The van der Waals surface area contributed by atoms with Crippen LogP contribution >= 0.6 is 0 Å². The Morgan fingerprint density at radius 3 is 0.827 bits per heavy atom. The summed E-state index contributed by atoms with van der Waals surface area (Å²) in [7, 11) is -13.6. The maximum absolute atomic E-state index is 10.8. The van der Waals surface area contributed by atoms with Gasteiger partial charge in [-0.15, -0.1) is 14.7 Å². The van der Waals surface area contributed by atoms with E-state index < -0.39 is 45.0 Å². The van der Waals surface area contributed by atoms with Crippen LogP contribution in [0.15, 0.2) is 121 Å². The molecular weight excluding hydrogens is 794 g/mol. The van der Waals surface area contributed by atoms with E-state index in [2.05, 4.69) is 15.5 Å². The Morgan fingerprint density at radius 1 is 0.404 bits per heavy atom. The van der Waals surface area contributed by atoms with Gasteiger partial charge in [0.1, 0.15) is 47.6 Å². The zero-order valence-electron chi connectivity index (χ0n) is 25.3. The standard InChI is InChI=1S/3C10H7NO5S.Fe/c3*12-9-4-1-6-5-7(17(14,15)16)2-3-8(6)10(9)11-13;/h3*1-5,12H,(H,14,15,16);/p-3. The van der Waals surface area contributed by atoms with E-state index in [-0.39, 0.29) is 67.5 Å². The van der Waals surface area contributed by atoms with E-state index in [0.29, 0.717) is 16.2 Å². The molecule has 0 saturated heterocycles. The molecule has 0 spiro atoms. The molecular formula is C30H18FeN3O15S3-3. The third kappa shape index (κ3) is 9.06. The molecule has 6 aromatic carbocycles. The number of hydrogen-bond acceptors (Lipinski definition) is 18. The molecule has 272 valence electrons. The first kappa shape index (κ1) is 41.0. The van der Waals surface area contributed by atoms with Crippen molar-refractivity contribution in [3.05, 3.63) is 106 Å². The van der Waals surface area contributed by atoms with Crippen LogP contribution in [0, 0.1) is 14.7 Å². The Labute approximate surface area is 303 Å². The van der Waals surface area contributed by atoms with Crippen LogP contribution in [-0.2, 0) is 47.4 Å². The van der Waals surface area contributed by atoms with Crippen molar-refractivity contribution in [3.63, 3.8) is 0 Å². The first-order valence-corrected chi connectivity index (χ1v) is 17.7. The van der Waals surface area contributed by atoms with E-state index in [1.54, 1.807) is 0 Å². The number of fused-ring (bicyclic) bond motifs is 3. The molecule has 0 aromatic heterocycles. The van der Waals surface area contributed by atoms with Crippen LogP contribution in [0.3, 0.4) is 0 Å². The topological polar surface area (TPSA) is 321 Å². The number of nitrogens with zero attached hydrogens (tertiary/aromatic N) is 3. The largest absolute Gasteiger partial charge is 0.744 e. The van der Waals surface area contributed by atoms with Gasteiger partial charge in [0, 0.05) is 33.2 Å². The SMILES string of the molecule is O=Nc1c(O)ccc2cc(S(=O)(=O)[O-])ccc12.O=Nc1c(O)ccc2cc(S(=O)(=O)[O-])ccc12.O=Nc1c(O)ccc2cc(S(=O)(=O)[O-])ccc12.[Fe]. The second kappa shape index (κ2) is 15.8. The minimum Gasteiger partial charge on any atom is -0.744 e. The fraction of sp³-hybridized carbons (Fsp3) is 0. The Kier molecular flexibility index (Phi) is 12.5. The van der Waals surface area contributed by atoms with Crippen LogP contribution in [0.2, 0.25) is 0 Å². The number of nitroso groups, excluding NO2 is 3. The second-order valence-electron chi connectivity index (χ2n) is 10.1. The van der Waals surface area contributed by atoms with Gasteiger partial charge in [0.2, 0.25) is 0 Å². The van der Waals surface area contributed by atoms with Gasteiger partial charge in [0.15, 0.2) is 17.1 Å². The monoisotopic (exact) mass is 812 g/mol. The van der Waals surface area contributed by atoms with Gasteiger partial charge >= 0.3 is 0 Å². The summed E-state index contributed by atoms with van der Waals surface area (Å²) < 4.78 is 97.3. The van der Waals surface area contributed by atoms with Crippen LogP contribution in [0.5, 0.6) is 17.2 Å². The number of phenolic OH excluding ortho intramolecular Hbond substituents is 3. The van der Waals surface area contributed by atoms with E-state index in [9.17, 15) is 69.0 Å². The van der Waals surface area contributed by atoms with Crippen molar-refractivity contribution in [3.8, 4) is 17.2 Å². The van der Waals surface area contributed by atoms with E-state index in [1.807, 2.05) is 0 Å². The van der Waals surface area contributed by atoms with Gasteiger partial charge in [-0.1, -0.05) is 36.4 Å². The predicted octanol–water partition coefficient (Wildman–Crippen LogP) is 5.54. The van der Waals surface area contributed by atoms with Gasteiger partial charge < -0.3 is 29.0 Å². The van der Waals surface area contributed by atoms with E-state index in [0.717, 1.165) is 36.4 Å². The molecule has 0 unspecified atom stereocenters. The van der Waals surface area contributed by atoms with Crippen LogP contribution in [-0.4, -0.2) is 54.2 Å². The number of rotatable bonds is 6. The van der Waals surface area contributed by atoms with Crippen molar-refractivity contribution >= 4 is 79.7 Å². The first-order chi connectivity index (χ1) is 23.8. The Hall–Kier alpha value is -5.45. The number of hydrogen-bond donors (Lipinski definition) is 3. The van der Waals surface area contributed by atoms with Gasteiger partial charge in [-0.05, 0) is 86.3 Å². The first-order valence-electron chi connectivity index (χ1n) is 13.4. The molecule has 6 aromatic rings. The minimum atomic E-state index is -4.55. The fourth-order valence-electron chi connectivity index (χ4n) is 4.59. The molecule has 6 rings (SSSR count). The van der Waals surface area contributed by atoms with E-state index in [4.69, 9.17) is 0 Å². The fourth-order valence-corrected chi connectivity index (χ4v) is 6.11. The van der Waals surface area contributed by atoms with Gasteiger partial charge in [-0.25, -0.2) is 25.3 Å². The molecule has 0 aliphatic heterocycles. The van der Waals surface area contributed by atoms with Crippen molar-refractivity contribution in [2.24, 2.45) is 15.5 Å². The molecule has 52 heavy (non-hydrogen) atoms. The summed E-state index contributed by atoms with van der Waals surface area (Å²) in [5, 5.41) is 38.0. The summed E-state index contributed by atoms with van der Waals surface area (Å²) in [6.07, 6.45) is 0. The van der Waals surface area contributed by atoms with Gasteiger partial charge in [0.05, 0.1) is 14.7 Å². The molecule has 3 N–H and O–H groups in total. The Morgan fingerprint density at radius 2 is 0.635 bits per heavy atom. The zero-order chi connectivity index (χ0) is 37.9. The van der Waals surface area contributed by atoms with Gasteiger partial charge in [-0.2, -0.15) is 0 Å². The molecule has 0 fully saturated rings. The zero-order valence-corrected chi connectivity index (χ0v) is 28.9. The van der Waals surface area contributed by atoms with Gasteiger partial charge in [-0.3, -0.25) is 0 Å². The molecule has 18 nitrogen and oxygen atoms in total. The third-order valence-electron chi connectivity index (χ3n) is 6.96. The second-order valence-corrected chi connectivity index (χ2v) is 14.2. The Balaban J connectivity index is 0.000000208. The maximum Gasteiger partial charge on any atom is 0.157 e. The summed E-state index contributed by atoms with van der Waals surface area (Å²) in [6.45, 7) is 0. The minimum absolute atomic E-state index is 0. The summed E-state index contributed by atoms with van der Waals surface area (Å²) in [5.74, 6) is -0.902. The molecule has 0 aliphatic carbocycles. The summed E-state index contributed by atoms with van der Waals surface area (Å²) in [4.78, 5) is 30.4. The summed E-state index contributed by atoms with van der Waals surface area (Å²) >= 11 is 0. The van der Waals surface area contributed by atoms with E-state index >= 15 is 0 Å². The van der Waals surface area contributed by atoms with Crippen molar-refractivity contribution in [1.82, 2.24) is 0 Å². The average molecular weight is 813 g/mol. The van der Waals surface area contributed by atoms with Crippen LogP contribution in [0.1, 0.15) is 0 Å².